The van der Waals surface area contributed by atoms with Crippen LogP contribution in [0, 0.1) is 6.92 Å². The minimum atomic E-state index is 0.773. The van der Waals surface area contributed by atoms with Crippen molar-refractivity contribution in [3.05, 3.63) is 47.5 Å². The van der Waals surface area contributed by atoms with Crippen LogP contribution in [0.5, 0.6) is 0 Å². The summed E-state index contributed by atoms with van der Waals surface area (Å²) in [5.41, 5.74) is 6.64. The summed E-state index contributed by atoms with van der Waals surface area (Å²) in [4.78, 5) is 9.60. The van der Waals surface area contributed by atoms with Gasteiger partial charge in [0, 0.05) is 44.0 Å². The molecule has 2 aromatic rings. The molecule has 148 valence electrons. The van der Waals surface area contributed by atoms with E-state index in [2.05, 4.69) is 57.6 Å². The van der Waals surface area contributed by atoms with Gasteiger partial charge in [0.25, 0.3) is 0 Å². The number of anilines is 3. The molecule has 0 bridgehead atoms. The van der Waals surface area contributed by atoms with E-state index in [9.17, 15) is 0 Å². The molecule has 2 aliphatic heterocycles. The second kappa shape index (κ2) is 9.06. The maximum absolute atomic E-state index is 5.51. The molecular formula is C22H29N5O. The second-order valence-corrected chi connectivity index (χ2v) is 7.50. The highest BCUT2D eigenvalue weighted by Gasteiger charge is 2.17. The molecule has 1 aromatic carbocycles. The zero-order valence-electron chi connectivity index (χ0n) is 16.6. The van der Waals surface area contributed by atoms with E-state index in [0.717, 1.165) is 56.6 Å². The predicted molar refractivity (Wildman–Crippen MR) is 116 cm³/mol. The quantitative estimate of drug-likeness (QED) is 0.635. The molecular weight excluding hydrogens is 350 g/mol. The van der Waals surface area contributed by atoms with E-state index in [-0.39, 0.29) is 0 Å². The molecule has 0 radical (unpaired) electrons. The number of hydrazone groups is 1. The summed E-state index contributed by atoms with van der Waals surface area (Å²) < 4.78 is 5.51. The van der Waals surface area contributed by atoms with Gasteiger partial charge in [-0.15, -0.1) is 0 Å². The first kappa shape index (κ1) is 18.7. The van der Waals surface area contributed by atoms with Gasteiger partial charge in [0.05, 0.1) is 19.4 Å². The summed E-state index contributed by atoms with van der Waals surface area (Å²) in [6.45, 7) is 7.61. The van der Waals surface area contributed by atoms with Gasteiger partial charge in [-0.1, -0.05) is 29.8 Å². The summed E-state index contributed by atoms with van der Waals surface area (Å²) in [6, 6.07) is 12.6. The monoisotopic (exact) mass is 379 g/mol. The normalized spacial score (nSPS) is 17.9. The van der Waals surface area contributed by atoms with Gasteiger partial charge >= 0.3 is 0 Å². The van der Waals surface area contributed by atoms with Crippen LogP contribution in [0.1, 0.15) is 30.4 Å². The fourth-order valence-electron chi connectivity index (χ4n) is 3.77. The van der Waals surface area contributed by atoms with E-state index in [1.54, 1.807) is 0 Å². The Balaban J connectivity index is 1.55. The summed E-state index contributed by atoms with van der Waals surface area (Å²) in [5, 5.41) is 4.43. The maximum Gasteiger partial charge on any atom is 0.150 e. The molecule has 6 heteroatoms. The van der Waals surface area contributed by atoms with Crippen LogP contribution in [0.2, 0.25) is 0 Å². The molecule has 2 aliphatic rings. The SMILES string of the molecule is Cc1cccc(/C=N/Nc2cc(N3CCOCC3)cc(N3CCCCC3)n2)c1. The number of nitrogens with one attached hydrogen (secondary N) is 1. The molecule has 0 amide bonds. The molecule has 2 fully saturated rings. The van der Waals surface area contributed by atoms with Crippen molar-refractivity contribution in [2.45, 2.75) is 26.2 Å². The van der Waals surface area contributed by atoms with Crippen molar-refractivity contribution in [1.82, 2.24) is 4.98 Å². The lowest BCUT2D eigenvalue weighted by Gasteiger charge is -2.32. The van der Waals surface area contributed by atoms with Crippen molar-refractivity contribution >= 4 is 23.5 Å². The van der Waals surface area contributed by atoms with Crippen molar-refractivity contribution in [3.8, 4) is 0 Å². The number of pyridine rings is 1. The first-order chi connectivity index (χ1) is 13.8. The molecule has 6 nitrogen and oxygen atoms in total. The van der Waals surface area contributed by atoms with Crippen LogP contribution in [-0.2, 0) is 4.74 Å². The fraction of sp³-hybridized carbons (Fsp3) is 0.455. The Hall–Kier alpha value is -2.60. The van der Waals surface area contributed by atoms with Gasteiger partial charge in [-0.05, 0) is 31.7 Å². The number of rotatable bonds is 5. The molecule has 0 atom stereocenters. The number of aryl methyl sites for hydroxylation is 1. The van der Waals surface area contributed by atoms with Crippen molar-refractivity contribution in [3.63, 3.8) is 0 Å². The summed E-state index contributed by atoms with van der Waals surface area (Å²) in [7, 11) is 0. The van der Waals surface area contributed by atoms with Gasteiger partial charge in [0.1, 0.15) is 5.82 Å². The second-order valence-electron chi connectivity index (χ2n) is 7.50. The lowest BCUT2D eigenvalue weighted by atomic mass is 10.1. The van der Waals surface area contributed by atoms with Crippen LogP contribution in [0.3, 0.4) is 0 Å². The molecule has 28 heavy (non-hydrogen) atoms. The minimum absolute atomic E-state index is 0.773. The Labute approximate surface area is 167 Å². The molecule has 2 saturated heterocycles. The number of piperidine rings is 1. The summed E-state index contributed by atoms with van der Waals surface area (Å²) >= 11 is 0. The zero-order valence-corrected chi connectivity index (χ0v) is 16.6. The highest BCUT2D eigenvalue weighted by atomic mass is 16.5. The third-order valence-corrected chi connectivity index (χ3v) is 5.29. The number of morpholine rings is 1. The van der Waals surface area contributed by atoms with Crippen LogP contribution in [-0.4, -0.2) is 50.6 Å². The number of hydrogen-bond donors (Lipinski definition) is 1. The van der Waals surface area contributed by atoms with Crippen LogP contribution in [0.4, 0.5) is 17.3 Å². The van der Waals surface area contributed by atoms with Gasteiger partial charge in [-0.3, -0.25) is 5.43 Å². The van der Waals surface area contributed by atoms with Gasteiger partial charge in [-0.2, -0.15) is 5.10 Å². The van der Waals surface area contributed by atoms with Crippen molar-refractivity contribution in [2.75, 3.05) is 54.6 Å². The lowest BCUT2D eigenvalue weighted by Crippen LogP contribution is -2.36. The summed E-state index contributed by atoms with van der Waals surface area (Å²) in [5.74, 6) is 1.82. The number of benzene rings is 1. The number of ether oxygens (including phenoxy) is 1. The summed E-state index contributed by atoms with van der Waals surface area (Å²) in [6.07, 6.45) is 5.62. The smallest absolute Gasteiger partial charge is 0.150 e. The van der Waals surface area contributed by atoms with E-state index >= 15 is 0 Å². The third-order valence-electron chi connectivity index (χ3n) is 5.29. The van der Waals surface area contributed by atoms with E-state index in [0.29, 0.717) is 0 Å². The highest BCUT2D eigenvalue weighted by Crippen LogP contribution is 2.27. The van der Waals surface area contributed by atoms with E-state index < -0.39 is 0 Å². The van der Waals surface area contributed by atoms with Crippen LogP contribution < -0.4 is 15.2 Å². The Kier molecular flexibility index (Phi) is 6.07. The largest absolute Gasteiger partial charge is 0.378 e. The standard InChI is InChI=1S/C22H29N5O/c1-18-6-5-7-19(14-18)17-23-25-21-15-20(26-10-12-28-13-11-26)16-22(24-21)27-8-3-2-4-9-27/h5-7,14-17H,2-4,8-13H2,1H3,(H,24,25)/b23-17+. The van der Waals surface area contributed by atoms with Crippen LogP contribution in [0.15, 0.2) is 41.5 Å². The number of aromatic nitrogens is 1. The molecule has 1 aromatic heterocycles. The topological polar surface area (TPSA) is 53.0 Å². The van der Waals surface area contributed by atoms with Gasteiger partial charge in [-0.25, -0.2) is 4.98 Å². The van der Waals surface area contributed by atoms with Crippen molar-refractivity contribution in [1.29, 1.82) is 0 Å². The van der Waals surface area contributed by atoms with Crippen LogP contribution >= 0.6 is 0 Å². The number of nitrogens with zero attached hydrogens (tertiary/aromatic N) is 4. The Bertz CT molecular complexity index is 774. The molecule has 3 heterocycles. The van der Waals surface area contributed by atoms with Crippen LogP contribution in [0.25, 0.3) is 0 Å². The minimum Gasteiger partial charge on any atom is -0.378 e. The maximum atomic E-state index is 5.51. The van der Waals surface area contributed by atoms with Gasteiger partial charge in [0.2, 0.25) is 0 Å². The molecule has 4 rings (SSSR count). The Morgan fingerprint density at radius 3 is 2.61 bits per heavy atom. The third kappa shape index (κ3) is 4.81. The van der Waals surface area contributed by atoms with Crippen molar-refractivity contribution < 1.29 is 4.74 Å². The lowest BCUT2D eigenvalue weighted by molar-refractivity contribution is 0.122. The Morgan fingerprint density at radius 2 is 1.82 bits per heavy atom. The molecule has 1 N–H and O–H groups in total. The fourth-order valence-corrected chi connectivity index (χ4v) is 3.77. The first-order valence-electron chi connectivity index (χ1n) is 10.2. The average molecular weight is 380 g/mol. The van der Waals surface area contributed by atoms with E-state index in [4.69, 9.17) is 9.72 Å². The van der Waals surface area contributed by atoms with Gasteiger partial charge in [0.15, 0.2) is 5.82 Å². The molecule has 0 saturated carbocycles. The molecule has 0 aliphatic carbocycles. The molecule has 0 unspecified atom stereocenters. The highest BCUT2D eigenvalue weighted by molar-refractivity contribution is 5.80. The zero-order chi connectivity index (χ0) is 19.2. The average Bonchev–Trinajstić information content (AvgIpc) is 2.75. The van der Waals surface area contributed by atoms with E-state index in [1.807, 2.05) is 12.3 Å². The van der Waals surface area contributed by atoms with Crippen molar-refractivity contribution in [2.24, 2.45) is 5.10 Å². The Morgan fingerprint density at radius 1 is 1.00 bits per heavy atom. The van der Waals surface area contributed by atoms with Gasteiger partial charge < -0.3 is 14.5 Å². The first-order valence-corrected chi connectivity index (χ1v) is 10.2. The predicted octanol–water partition coefficient (Wildman–Crippen LogP) is 3.66. The molecule has 0 spiro atoms. The number of hydrogen-bond acceptors (Lipinski definition) is 6. The van der Waals surface area contributed by atoms with E-state index in [1.165, 1.54) is 30.5 Å².